The van der Waals surface area contributed by atoms with E-state index in [4.69, 9.17) is 0 Å². The molecule has 1 aromatic carbocycles. The molecule has 2 aliphatic carbocycles. The summed E-state index contributed by atoms with van der Waals surface area (Å²) in [6, 6.07) is 7.69. The highest BCUT2D eigenvalue weighted by Crippen LogP contribution is 2.49. The van der Waals surface area contributed by atoms with E-state index in [0.717, 1.165) is 23.8 Å². The van der Waals surface area contributed by atoms with Gasteiger partial charge in [-0.15, -0.1) is 0 Å². The van der Waals surface area contributed by atoms with Crippen LogP contribution < -0.4 is 10.6 Å². The Balaban J connectivity index is 1.48. The van der Waals surface area contributed by atoms with Crippen molar-refractivity contribution >= 4 is 11.8 Å². The van der Waals surface area contributed by atoms with Crippen molar-refractivity contribution in [3.05, 3.63) is 35.4 Å². The lowest BCUT2D eigenvalue weighted by Gasteiger charge is -2.20. The number of hydrogen-bond donors (Lipinski definition) is 2. The minimum absolute atomic E-state index is 0.0514. The molecular formula is C21H30N2O2. The van der Waals surface area contributed by atoms with Crippen molar-refractivity contribution in [1.29, 1.82) is 0 Å². The molecule has 136 valence electrons. The summed E-state index contributed by atoms with van der Waals surface area (Å²) in [5.41, 5.74) is 1.62. The van der Waals surface area contributed by atoms with E-state index in [0.29, 0.717) is 24.4 Å². The summed E-state index contributed by atoms with van der Waals surface area (Å²) in [5.74, 6) is 2.34. The molecule has 4 atom stereocenters. The molecule has 0 unspecified atom stereocenters. The zero-order valence-corrected chi connectivity index (χ0v) is 15.4. The summed E-state index contributed by atoms with van der Waals surface area (Å²) < 4.78 is 0. The molecular weight excluding hydrogens is 312 g/mol. The summed E-state index contributed by atoms with van der Waals surface area (Å²) in [7, 11) is 0. The standard InChI is InChI=1S/C21H30N2O2/c1-3-14(2)23-21(25)18-6-4-5-16(11-18)13-22-20(24)12-19-10-15-7-8-17(19)9-15/h4-6,11,14-15,17,19H,3,7-10,12-13H2,1-2H3,(H,22,24)(H,23,25)/t14-,15-,17-,19-/m1/s1. The van der Waals surface area contributed by atoms with Gasteiger partial charge < -0.3 is 10.6 Å². The number of fused-ring (bicyclic) bond motifs is 2. The largest absolute Gasteiger partial charge is 0.352 e. The lowest BCUT2D eigenvalue weighted by atomic mass is 9.86. The first kappa shape index (κ1) is 18.0. The van der Waals surface area contributed by atoms with Crippen LogP contribution in [0, 0.1) is 17.8 Å². The van der Waals surface area contributed by atoms with Gasteiger partial charge in [0.05, 0.1) is 0 Å². The van der Waals surface area contributed by atoms with E-state index < -0.39 is 0 Å². The Morgan fingerprint density at radius 3 is 2.76 bits per heavy atom. The molecule has 0 saturated heterocycles. The number of rotatable bonds is 7. The molecule has 4 nitrogen and oxygen atoms in total. The first-order valence-electron chi connectivity index (χ1n) is 9.71. The van der Waals surface area contributed by atoms with Gasteiger partial charge >= 0.3 is 0 Å². The quantitative estimate of drug-likeness (QED) is 0.794. The fourth-order valence-corrected chi connectivity index (χ4v) is 4.37. The summed E-state index contributed by atoms with van der Waals surface area (Å²) in [4.78, 5) is 24.5. The van der Waals surface area contributed by atoms with Crippen LogP contribution in [-0.4, -0.2) is 17.9 Å². The van der Waals surface area contributed by atoms with Gasteiger partial charge in [-0.1, -0.05) is 25.5 Å². The molecule has 1 aromatic rings. The number of benzene rings is 1. The molecule has 0 radical (unpaired) electrons. The predicted molar refractivity (Wildman–Crippen MR) is 99.1 cm³/mol. The maximum absolute atomic E-state index is 12.3. The molecule has 0 heterocycles. The highest BCUT2D eigenvalue weighted by Gasteiger charge is 2.39. The third-order valence-corrected chi connectivity index (χ3v) is 6.00. The first-order valence-corrected chi connectivity index (χ1v) is 9.71. The zero-order chi connectivity index (χ0) is 17.8. The molecule has 3 rings (SSSR count). The Kier molecular flexibility index (Phi) is 5.77. The number of amides is 2. The molecule has 2 N–H and O–H groups in total. The van der Waals surface area contributed by atoms with Crippen molar-refractivity contribution in [3.63, 3.8) is 0 Å². The number of carbonyl (C=O) groups excluding carboxylic acids is 2. The average molecular weight is 342 g/mol. The number of hydrogen-bond acceptors (Lipinski definition) is 2. The third-order valence-electron chi connectivity index (χ3n) is 6.00. The van der Waals surface area contributed by atoms with Crippen LogP contribution in [0.2, 0.25) is 0 Å². The van der Waals surface area contributed by atoms with Crippen molar-refractivity contribution in [3.8, 4) is 0 Å². The van der Waals surface area contributed by atoms with Gasteiger partial charge in [-0.25, -0.2) is 0 Å². The lowest BCUT2D eigenvalue weighted by Crippen LogP contribution is -2.32. The summed E-state index contributed by atoms with van der Waals surface area (Å²) >= 11 is 0. The smallest absolute Gasteiger partial charge is 0.251 e. The molecule has 2 saturated carbocycles. The average Bonchev–Trinajstić information content (AvgIpc) is 3.23. The molecule has 0 aliphatic heterocycles. The van der Waals surface area contributed by atoms with Crippen LogP contribution >= 0.6 is 0 Å². The van der Waals surface area contributed by atoms with Crippen molar-refractivity contribution in [2.45, 2.75) is 65.0 Å². The van der Waals surface area contributed by atoms with E-state index >= 15 is 0 Å². The van der Waals surface area contributed by atoms with Crippen LogP contribution in [0.3, 0.4) is 0 Å². The van der Waals surface area contributed by atoms with Gasteiger partial charge in [-0.05, 0) is 68.1 Å². The highest BCUT2D eigenvalue weighted by molar-refractivity contribution is 5.94. The van der Waals surface area contributed by atoms with E-state index in [1.165, 1.54) is 25.7 Å². The van der Waals surface area contributed by atoms with Crippen LogP contribution in [0.25, 0.3) is 0 Å². The fraction of sp³-hybridized carbons (Fsp3) is 0.619. The molecule has 2 aliphatic rings. The second kappa shape index (κ2) is 8.03. The van der Waals surface area contributed by atoms with Crippen molar-refractivity contribution in [1.82, 2.24) is 10.6 Å². The van der Waals surface area contributed by atoms with Crippen LogP contribution in [0.1, 0.15) is 68.3 Å². The molecule has 2 fully saturated rings. The van der Waals surface area contributed by atoms with E-state index in [2.05, 4.69) is 10.6 Å². The van der Waals surface area contributed by atoms with Gasteiger partial charge in [0.15, 0.2) is 0 Å². The molecule has 25 heavy (non-hydrogen) atoms. The molecule has 4 heteroatoms. The Morgan fingerprint density at radius 2 is 2.08 bits per heavy atom. The second-order valence-electron chi connectivity index (χ2n) is 7.90. The Hall–Kier alpha value is -1.84. The normalized spacial score (nSPS) is 25.6. The summed E-state index contributed by atoms with van der Waals surface area (Å²) in [6.07, 6.45) is 6.83. The van der Waals surface area contributed by atoms with Gasteiger partial charge in [0.1, 0.15) is 0 Å². The van der Waals surface area contributed by atoms with Crippen LogP contribution in [0.4, 0.5) is 0 Å². The predicted octanol–water partition coefficient (Wildman–Crippen LogP) is 3.66. The molecule has 0 aromatic heterocycles. The number of nitrogens with one attached hydrogen (secondary N) is 2. The van der Waals surface area contributed by atoms with Gasteiger partial charge in [0.2, 0.25) is 5.91 Å². The molecule has 2 amide bonds. The van der Waals surface area contributed by atoms with Crippen LogP contribution in [-0.2, 0) is 11.3 Å². The van der Waals surface area contributed by atoms with E-state index in [1.54, 1.807) is 0 Å². The Labute approximate surface area is 150 Å². The lowest BCUT2D eigenvalue weighted by molar-refractivity contribution is -0.122. The Morgan fingerprint density at radius 1 is 1.24 bits per heavy atom. The monoisotopic (exact) mass is 342 g/mol. The van der Waals surface area contributed by atoms with Gasteiger partial charge in [0.25, 0.3) is 5.91 Å². The van der Waals surface area contributed by atoms with Crippen molar-refractivity contribution in [2.24, 2.45) is 17.8 Å². The Bertz CT molecular complexity index is 628. The molecule has 0 spiro atoms. The van der Waals surface area contributed by atoms with E-state index in [1.807, 2.05) is 38.1 Å². The van der Waals surface area contributed by atoms with Crippen molar-refractivity contribution < 1.29 is 9.59 Å². The van der Waals surface area contributed by atoms with Crippen molar-refractivity contribution in [2.75, 3.05) is 0 Å². The van der Waals surface area contributed by atoms with Gasteiger partial charge in [-0.3, -0.25) is 9.59 Å². The minimum atomic E-state index is -0.0514. The highest BCUT2D eigenvalue weighted by atomic mass is 16.2. The van der Waals surface area contributed by atoms with Crippen LogP contribution in [0.15, 0.2) is 24.3 Å². The summed E-state index contributed by atoms with van der Waals surface area (Å²) in [5, 5.41) is 6.01. The maximum Gasteiger partial charge on any atom is 0.251 e. The summed E-state index contributed by atoms with van der Waals surface area (Å²) in [6.45, 7) is 4.54. The van der Waals surface area contributed by atoms with Gasteiger partial charge in [0, 0.05) is 24.6 Å². The second-order valence-corrected chi connectivity index (χ2v) is 7.90. The molecule has 2 bridgehead atoms. The maximum atomic E-state index is 12.3. The third kappa shape index (κ3) is 4.62. The zero-order valence-electron chi connectivity index (χ0n) is 15.4. The van der Waals surface area contributed by atoms with E-state index in [-0.39, 0.29) is 17.9 Å². The SMILES string of the molecule is CC[C@@H](C)NC(=O)c1cccc(CNC(=O)C[C@H]2C[C@@H]3CC[C@@H]2C3)c1. The first-order chi connectivity index (χ1) is 12.0. The van der Waals surface area contributed by atoms with Gasteiger partial charge in [-0.2, -0.15) is 0 Å². The number of carbonyl (C=O) groups is 2. The minimum Gasteiger partial charge on any atom is -0.352 e. The topological polar surface area (TPSA) is 58.2 Å². The fourth-order valence-electron chi connectivity index (χ4n) is 4.37. The van der Waals surface area contributed by atoms with E-state index in [9.17, 15) is 9.59 Å². The van der Waals surface area contributed by atoms with Crippen LogP contribution in [0.5, 0.6) is 0 Å².